The Kier molecular flexibility index (Phi) is 3.28. The van der Waals surface area contributed by atoms with Gasteiger partial charge in [-0.3, -0.25) is 0 Å². The molecule has 0 saturated heterocycles. The van der Waals surface area contributed by atoms with Gasteiger partial charge in [-0.15, -0.1) is 0 Å². The molecule has 0 aliphatic rings. The van der Waals surface area contributed by atoms with Crippen molar-refractivity contribution >= 4 is 11.0 Å². The maximum atomic E-state index is 11.5. The Labute approximate surface area is 96.1 Å². The standard InChI is InChI=1S/C11H9N3O3/c12-14-13-5-6-16-10-7-8-3-1-2-4-9(8)17-11(10)15/h1-4,7H,5-6H2. The van der Waals surface area contributed by atoms with Crippen molar-refractivity contribution in [2.45, 2.75) is 0 Å². The minimum absolute atomic E-state index is 0.122. The van der Waals surface area contributed by atoms with Gasteiger partial charge in [0.15, 0.2) is 0 Å². The first-order valence-electron chi connectivity index (χ1n) is 4.98. The van der Waals surface area contributed by atoms with E-state index in [1.54, 1.807) is 18.2 Å². The van der Waals surface area contributed by atoms with Crippen LogP contribution in [0.4, 0.5) is 0 Å². The van der Waals surface area contributed by atoms with Crippen LogP contribution in [0, 0.1) is 0 Å². The minimum Gasteiger partial charge on any atom is -0.486 e. The summed E-state index contributed by atoms with van der Waals surface area (Å²) in [7, 11) is 0. The molecule has 86 valence electrons. The molecule has 0 radical (unpaired) electrons. The van der Waals surface area contributed by atoms with Gasteiger partial charge in [0.25, 0.3) is 0 Å². The lowest BCUT2D eigenvalue weighted by atomic mass is 10.2. The summed E-state index contributed by atoms with van der Waals surface area (Å²) in [5.41, 5.74) is 8.06. The minimum atomic E-state index is -0.537. The van der Waals surface area contributed by atoms with Crippen molar-refractivity contribution in [2.75, 3.05) is 13.2 Å². The van der Waals surface area contributed by atoms with Gasteiger partial charge in [-0.2, -0.15) is 0 Å². The third kappa shape index (κ3) is 2.56. The van der Waals surface area contributed by atoms with Crippen LogP contribution in [-0.4, -0.2) is 13.2 Å². The third-order valence-electron chi connectivity index (χ3n) is 2.12. The number of hydrogen-bond donors (Lipinski definition) is 0. The molecule has 0 bridgehead atoms. The molecule has 6 heteroatoms. The van der Waals surface area contributed by atoms with Gasteiger partial charge in [-0.1, -0.05) is 23.3 Å². The average Bonchev–Trinajstić information content (AvgIpc) is 2.35. The van der Waals surface area contributed by atoms with Gasteiger partial charge in [-0.25, -0.2) is 4.79 Å². The summed E-state index contributed by atoms with van der Waals surface area (Å²) >= 11 is 0. The third-order valence-corrected chi connectivity index (χ3v) is 2.12. The summed E-state index contributed by atoms with van der Waals surface area (Å²) < 4.78 is 10.2. The SMILES string of the molecule is [N-]=[N+]=NCCOc1cc2ccccc2oc1=O. The molecular formula is C11H9N3O3. The van der Waals surface area contributed by atoms with Crippen LogP contribution < -0.4 is 10.4 Å². The van der Waals surface area contributed by atoms with E-state index in [9.17, 15) is 4.79 Å². The predicted octanol–water partition coefficient (Wildman–Crippen LogP) is 2.48. The Bertz CT molecular complexity index is 629. The van der Waals surface area contributed by atoms with Crippen LogP contribution in [0.1, 0.15) is 0 Å². The Hall–Kier alpha value is -2.46. The smallest absolute Gasteiger partial charge is 0.379 e. The van der Waals surface area contributed by atoms with Gasteiger partial charge < -0.3 is 9.15 Å². The number of para-hydroxylation sites is 1. The molecule has 0 aliphatic carbocycles. The van der Waals surface area contributed by atoms with Gasteiger partial charge >= 0.3 is 5.63 Å². The van der Waals surface area contributed by atoms with Gasteiger partial charge in [0.1, 0.15) is 5.58 Å². The summed E-state index contributed by atoms with van der Waals surface area (Å²) in [4.78, 5) is 14.1. The topological polar surface area (TPSA) is 88.2 Å². The predicted molar refractivity (Wildman–Crippen MR) is 62.0 cm³/mol. The highest BCUT2D eigenvalue weighted by Crippen LogP contribution is 2.16. The fourth-order valence-electron chi connectivity index (χ4n) is 1.38. The summed E-state index contributed by atoms with van der Waals surface area (Å²) in [5, 5.41) is 4.08. The molecule has 2 aromatic rings. The molecule has 0 spiro atoms. The van der Waals surface area contributed by atoms with Crippen molar-refractivity contribution in [3.63, 3.8) is 0 Å². The fourth-order valence-corrected chi connectivity index (χ4v) is 1.38. The zero-order valence-electron chi connectivity index (χ0n) is 8.87. The molecule has 0 saturated carbocycles. The average molecular weight is 231 g/mol. The molecule has 0 fully saturated rings. The zero-order valence-corrected chi connectivity index (χ0v) is 8.87. The highest BCUT2D eigenvalue weighted by molar-refractivity contribution is 5.77. The second-order valence-electron chi connectivity index (χ2n) is 3.24. The second-order valence-corrected chi connectivity index (χ2v) is 3.24. The van der Waals surface area contributed by atoms with E-state index < -0.39 is 5.63 Å². The number of benzene rings is 1. The fraction of sp³-hybridized carbons (Fsp3) is 0.182. The number of azide groups is 1. The lowest BCUT2D eigenvalue weighted by Gasteiger charge is -2.03. The van der Waals surface area contributed by atoms with E-state index in [4.69, 9.17) is 14.7 Å². The van der Waals surface area contributed by atoms with E-state index in [-0.39, 0.29) is 18.9 Å². The maximum absolute atomic E-state index is 11.5. The first-order valence-corrected chi connectivity index (χ1v) is 4.98. The normalized spacial score (nSPS) is 9.88. The number of ether oxygens (including phenoxy) is 1. The van der Waals surface area contributed by atoms with Crippen molar-refractivity contribution < 1.29 is 9.15 Å². The highest BCUT2D eigenvalue weighted by Gasteiger charge is 2.05. The van der Waals surface area contributed by atoms with Crippen LogP contribution in [0.15, 0.2) is 44.7 Å². The van der Waals surface area contributed by atoms with Crippen LogP contribution in [0.5, 0.6) is 5.75 Å². The van der Waals surface area contributed by atoms with Gasteiger partial charge in [0.05, 0.1) is 13.2 Å². The van der Waals surface area contributed by atoms with Crippen LogP contribution >= 0.6 is 0 Å². The first kappa shape index (κ1) is 11.0. The molecule has 0 amide bonds. The molecule has 6 nitrogen and oxygen atoms in total. The molecule has 0 unspecified atom stereocenters. The Balaban J connectivity index is 2.25. The molecule has 17 heavy (non-hydrogen) atoms. The number of fused-ring (bicyclic) bond motifs is 1. The van der Waals surface area contributed by atoms with E-state index in [0.717, 1.165) is 5.39 Å². The van der Waals surface area contributed by atoms with E-state index in [1.807, 2.05) is 12.1 Å². The van der Waals surface area contributed by atoms with E-state index in [2.05, 4.69) is 10.0 Å². The largest absolute Gasteiger partial charge is 0.486 e. The van der Waals surface area contributed by atoms with Crippen molar-refractivity contribution in [2.24, 2.45) is 5.11 Å². The summed E-state index contributed by atoms with van der Waals surface area (Å²) in [6.07, 6.45) is 0. The number of nitrogens with zero attached hydrogens (tertiary/aromatic N) is 3. The number of hydrogen-bond acceptors (Lipinski definition) is 4. The van der Waals surface area contributed by atoms with Crippen LogP contribution in [-0.2, 0) is 0 Å². The van der Waals surface area contributed by atoms with Crippen LogP contribution in [0.3, 0.4) is 0 Å². The maximum Gasteiger partial charge on any atom is 0.379 e. The molecule has 0 atom stereocenters. The van der Waals surface area contributed by atoms with E-state index >= 15 is 0 Å². The van der Waals surface area contributed by atoms with E-state index in [0.29, 0.717) is 5.58 Å². The lowest BCUT2D eigenvalue weighted by Crippen LogP contribution is -2.09. The first-order chi connectivity index (χ1) is 8.31. The van der Waals surface area contributed by atoms with Gasteiger partial charge in [0.2, 0.25) is 5.75 Å². The Morgan fingerprint density at radius 1 is 1.41 bits per heavy atom. The van der Waals surface area contributed by atoms with Gasteiger partial charge in [-0.05, 0) is 17.7 Å². The van der Waals surface area contributed by atoms with Crippen LogP contribution in [0.2, 0.25) is 0 Å². The van der Waals surface area contributed by atoms with Crippen molar-refractivity contribution in [3.05, 3.63) is 51.2 Å². The summed E-state index contributed by atoms with van der Waals surface area (Å²) in [5.74, 6) is 0.122. The molecule has 0 aliphatic heterocycles. The molecule has 1 heterocycles. The molecule has 0 N–H and O–H groups in total. The Morgan fingerprint density at radius 2 is 2.24 bits per heavy atom. The second kappa shape index (κ2) is 5.05. The monoisotopic (exact) mass is 231 g/mol. The van der Waals surface area contributed by atoms with Gasteiger partial charge in [0, 0.05) is 10.3 Å². The summed E-state index contributed by atoms with van der Waals surface area (Å²) in [6, 6.07) is 8.76. The number of rotatable bonds is 4. The summed E-state index contributed by atoms with van der Waals surface area (Å²) in [6.45, 7) is 0.315. The quantitative estimate of drug-likeness (QED) is 0.266. The molecular weight excluding hydrogens is 222 g/mol. The van der Waals surface area contributed by atoms with Crippen molar-refractivity contribution in [1.82, 2.24) is 0 Å². The molecule has 1 aromatic heterocycles. The zero-order chi connectivity index (χ0) is 12.1. The van der Waals surface area contributed by atoms with E-state index in [1.165, 1.54) is 0 Å². The highest BCUT2D eigenvalue weighted by atomic mass is 16.5. The van der Waals surface area contributed by atoms with Crippen molar-refractivity contribution in [1.29, 1.82) is 0 Å². The molecule has 1 aromatic carbocycles. The van der Waals surface area contributed by atoms with Crippen LogP contribution in [0.25, 0.3) is 21.4 Å². The lowest BCUT2D eigenvalue weighted by molar-refractivity contribution is 0.312. The Morgan fingerprint density at radius 3 is 3.06 bits per heavy atom. The molecule has 2 rings (SSSR count). The van der Waals surface area contributed by atoms with Crippen molar-refractivity contribution in [3.8, 4) is 5.75 Å².